The Bertz CT molecular complexity index is 565. The third kappa shape index (κ3) is 3.39. The molecule has 0 unspecified atom stereocenters. The molecule has 6 nitrogen and oxygen atoms in total. The molecule has 0 bridgehead atoms. The first-order chi connectivity index (χ1) is 7.52. The normalized spacial score (nSPS) is 13.0. The molecule has 0 amide bonds. The molecule has 0 aliphatic carbocycles. The van der Waals surface area contributed by atoms with Crippen molar-refractivity contribution in [1.29, 1.82) is 0 Å². The van der Waals surface area contributed by atoms with Gasteiger partial charge in [-0.05, 0) is 0 Å². The third-order valence-electron chi connectivity index (χ3n) is 2.26. The summed E-state index contributed by atoms with van der Waals surface area (Å²) in [4.78, 5) is 11.7. The lowest BCUT2D eigenvalue weighted by atomic mass is 9.96. The van der Waals surface area contributed by atoms with Crippen LogP contribution in [0.3, 0.4) is 0 Å². The summed E-state index contributed by atoms with van der Waals surface area (Å²) in [5, 5.41) is 4.02. The third-order valence-corrected chi connectivity index (χ3v) is 2.93. The van der Waals surface area contributed by atoms with Crippen molar-refractivity contribution in [2.24, 2.45) is 7.05 Å². The van der Waals surface area contributed by atoms with Crippen LogP contribution in [0.15, 0.2) is 4.79 Å². The highest BCUT2D eigenvalue weighted by Gasteiger charge is 2.23. The monoisotopic (exact) mass is 265 g/mol. The summed E-state index contributed by atoms with van der Waals surface area (Å²) in [6.07, 6.45) is 0. The number of rotatable bonds is 3. The lowest BCUT2D eigenvalue weighted by Crippen LogP contribution is -2.26. The summed E-state index contributed by atoms with van der Waals surface area (Å²) in [7, 11) is -3.04. The molecular formula is C9H16FN3O3S. The Morgan fingerprint density at radius 1 is 1.35 bits per heavy atom. The molecule has 8 heteroatoms. The van der Waals surface area contributed by atoms with Gasteiger partial charge in [-0.15, -0.1) is 3.89 Å². The van der Waals surface area contributed by atoms with Gasteiger partial charge in [0.15, 0.2) is 0 Å². The first kappa shape index (κ1) is 13.9. The van der Waals surface area contributed by atoms with Crippen molar-refractivity contribution in [3.05, 3.63) is 16.3 Å². The molecule has 1 heterocycles. The highest BCUT2D eigenvalue weighted by atomic mass is 32.3. The summed E-state index contributed by atoms with van der Waals surface area (Å²) in [5.74, 6) is -0.216. The largest absolute Gasteiger partial charge is 0.345 e. The van der Waals surface area contributed by atoms with Crippen LogP contribution >= 0.6 is 0 Å². The fourth-order valence-electron chi connectivity index (χ4n) is 1.48. The van der Waals surface area contributed by atoms with Crippen LogP contribution in [0.4, 0.5) is 3.89 Å². The summed E-state index contributed by atoms with van der Waals surface area (Å²) >= 11 is 0. The van der Waals surface area contributed by atoms with E-state index in [1.165, 1.54) is 4.57 Å². The molecule has 0 atom stereocenters. The Balaban J connectivity index is 3.09. The Morgan fingerprint density at radius 2 is 1.88 bits per heavy atom. The zero-order valence-electron chi connectivity index (χ0n) is 10.3. The summed E-state index contributed by atoms with van der Waals surface area (Å²) in [5.41, 5.74) is -0.785. The molecule has 0 aliphatic rings. The second-order valence-corrected chi connectivity index (χ2v) is 6.37. The Morgan fingerprint density at radius 3 is 2.24 bits per heavy atom. The maximum Gasteiger partial charge on any atom is 0.345 e. The average molecular weight is 265 g/mol. The smallest absolute Gasteiger partial charge is 0.282 e. The van der Waals surface area contributed by atoms with E-state index < -0.39 is 21.7 Å². The van der Waals surface area contributed by atoms with Crippen molar-refractivity contribution in [1.82, 2.24) is 14.3 Å². The average Bonchev–Trinajstić information content (AvgIpc) is 2.39. The molecule has 17 heavy (non-hydrogen) atoms. The number of hydrogen-bond donors (Lipinski definition) is 0. The molecule has 0 radical (unpaired) electrons. The molecule has 1 aromatic rings. The fraction of sp³-hybridized carbons (Fsp3) is 0.778. The van der Waals surface area contributed by atoms with Gasteiger partial charge in [0.1, 0.15) is 5.82 Å². The summed E-state index contributed by atoms with van der Waals surface area (Å²) in [6, 6.07) is 0. The van der Waals surface area contributed by atoms with Crippen LogP contribution in [-0.2, 0) is 29.2 Å². The Hall–Kier alpha value is -1.18. The first-order valence-electron chi connectivity index (χ1n) is 5.09. The number of halogens is 1. The minimum Gasteiger partial charge on any atom is -0.282 e. The zero-order chi connectivity index (χ0) is 13.4. The van der Waals surface area contributed by atoms with Gasteiger partial charge in [0.25, 0.3) is 0 Å². The van der Waals surface area contributed by atoms with E-state index in [-0.39, 0.29) is 12.0 Å². The molecule has 1 rings (SSSR count). The van der Waals surface area contributed by atoms with Gasteiger partial charge in [-0.2, -0.15) is 13.5 Å². The lowest BCUT2D eigenvalue weighted by molar-refractivity contribution is 0.508. The highest BCUT2D eigenvalue weighted by molar-refractivity contribution is 7.86. The van der Waals surface area contributed by atoms with Gasteiger partial charge >= 0.3 is 15.9 Å². The molecule has 1 aromatic heterocycles. The predicted molar refractivity (Wildman–Crippen MR) is 61.1 cm³/mol. The molecule has 0 spiro atoms. The van der Waals surface area contributed by atoms with Gasteiger partial charge in [0, 0.05) is 12.5 Å². The molecule has 0 saturated carbocycles. The van der Waals surface area contributed by atoms with E-state index >= 15 is 0 Å². The molecule has 0 aliphatic heterocycles. The quantitative estimate of drug-likeness (QED) is 0.731. The highest BCUT2D eigenvalue weighted by Crippen LogP contribution is 2.17. The van der Waals surface area contributed by atoms with E-state index in [4.69, 9.17) is 0 Å². The predicted octanol–water partition coefficient (Wildman–Crippen LogP) is 0.179. The lowest BCUT2D eigenvalue weighted by Gasteiger charge is -2.15. The number of hydrogen-bond acceptors (Lipinski definition) is 4. The van der Waals surface area contributed by atoms with Crippen molar-refractivity contribution in [2.45, 2.75) is 32.7 Å². The van der Waals surface area contributed by atoms with E-state index in [0.717, 1.165) is 4.68 Å². The van der Waals surface area contributed by atoms with Gasteiger partial charge in [-0.1, -0.05) is 20.8 Å². The van der Waals surface area contributed by atoms with Crippen LogP contribution in [0, 0.1) is 0 Å². The number of aryl methyl sites for hydroxylation is 1. The molecule has 0 N–H and O–H groups in total. The van der Waals surface area contributed by atoms with Gasteiger partial charge in [-0.25, -0.2) is 9.48 Å². The number of aromatic nitrogens is 3. The molecule has 0 aromatic carbocycles. The fourth-order valence-corrected chi connectivity index (χ4v) is 1.87. The van der Waals surface area contributed by atoms with Crippen molar-refractivity contribution >= 4 is 10.2 Å². The van der Waals surface area contributed by atoms with Crippen molar-refractivity contribution in [3.63, 3.8) is 0 Å². The molecule has 0 saturated heterocycles. The van der Waals surface area contributed by atoms with Crippen LogP contribution < -0.4 is 5.69 Å². The minimum atomic E-state index is -4.59. The maximum absolute atomic E-state index is 12.4. The minimum absolute atomic E-state index is 0.276. The molecule has 98 valence electrons. The SMILES string of the molecule is Cn1c(C(C)(C)C)nn(CCS(=O)(=O)F)c1=O. The van der Waals surface area contributed by atoms with E-state index in [0.29, 0.717) is 5.82 Å². The number of nitrogens with zero attached hydrogens (tertiary/aromatic N) is 3. The second kappa shape index (κ2) is 4.25. The van der Waals surface area contributed by atoms with Crippen molar-refractivity contribution < 1.29 is 12.3 Å². The summed E-state index contributed by atoms with van der Waals surface area (Å²) < 4.78 is 35.5. The summed E-state index contributed by atoms with van der Waals surface area (Å²) in [6.45, 7) is 5.36. The zero-order valence-corrected chi connectivity index (χ0v) is 11.1. The van der Waals surface area contributed by atoms with E-state index in [2.05, 4.69) is 5.10 Å². The van der Waals surface area contributed by atoms with Crippen LogP contribution in [0.25, 0.3) is 0 Å². The van der Waals surface area contributed by atoms with Crippen molar-refractivity contribution in [2.75, 3.05) is 5.75 Å². The molecule has 0 fully saturated rings. The van der Waals surface area contributed by atoms with Crippen molar-refractivity contribution in [3.8, 4) is 0 Å². The van der Waals surface area contributed by atoms with Gasteiger partial charge in [0.2, 0.25) is 0 Å². The van der Waals surface area contributed by atoms with E-state index in [1.54, 1.807) is 7.05 Å². The van der Waals surface area contributed by atoms with Crippen LogP contribution in [0.5, 0.6) is 0 Å². The van der Waals surface area contributed by atoms with Gasteiger partial charge in [-0.3, -0.25) is 4.57 Å². The maximum atomic E-state index is 12.4. The van der Waals surface area contributed by atoms with Gasteiger partial charge in [0.05, 0.1) is 12.3 Å². The van der Waals surface area contributed by atoms with Crippen LogP contribution in [-0.4, -0.2) is 28.5 Å². The van der Waals surface area contributed by atoms with Crippen LogP contribution in [0.1, 0.15) is 26.6 Å². The van der Waals surface area contributed by atoms with E-state index in [9.17, 15) is 17.1 Å². The van der Waals surface area contributed by atoms with E-state index in [1.807, 2.05) is 20.8 Å². The molecular weight excluding hydrogens is 249 g/mol. The van der Waals surface area contributed by atoms with Crippen LogP contribution in [0.2, 0.25) is 0 Å². The Kier molecular flexibility index (Phi) is 3.47. The second-order valence-electron chi connectivity index (χ2n) is 4.88. The van der Waals surface area contributed by atoms with Gasteiger partial charge < -0.3 is 0 Å². The topological polar surface area (TPSA) is 74.0 Å². The standard InChI is InChI=1S/C9H16FN3O3S/c1-9(2,3)7-11-13(8(14)12(7)4)5-6-17(10,15)16/h5-6H2,1-4H3. The first-order valence-corrected chi connectivity index (χ1v) is 6.64. The Labute approximate surface area is 99.3 Å².